The molecule has 1 amide bonds. The second kappa shape index (κ2) is 11.2. The number of piperidine rings is 1. The van der Waals surface area contributed by atoms with Crippen molar-refractivity contribution in [1.29, 1.82) is 0 Å². The highest BCUT2D eigenvalue weighted by Gasteiger charge is 2.29. The molecule has 0 radical (unpaired) electrons. The predicted molar refractivity (Wildman–Crippen MR) is 108 cm³/mol. The van der Waals surface area contributed by atoms with Crippen molar-refractivity contribution in [3.05, 3.63) is 0 Å². The maximum absolute atomic E-state index is 12.3. The Labute approximate surface area is 160 Å². The van der Waals surface area contributed by atoms with E-state index in [1.807, 2.05) is 0 Å². The normalized spacial score (nSPS) is 17.4. The third-order valence-corrected chi connectivity index (χ3v) is 6.66. The summed E-state index contributed by atoms with van der Waals surface area (Å²) in [6.07, 6.45) is 2.20. The Morgan fingerprint density at radius 3 is 2.12 bits per heavy atom. The fourth-order valence-electron chi connectivity index (χ4n) is 3.53. The van der Waals surface area contributed by atoms with Gasteiger partial charge in [-0.25, -0.2) is 12.7 Å². The molecule has 1 N–H and O–H groups in total. The van der Waals surface area contributed by atoms with Crippen LogP contribution in [0.1, 0.15) is 53.9 Å². The minimum atomic E-state index is -3.12. The molecule has 1 heterocycles. The van der Waals surface area contributed by atoms with Gasteiger partial charge in [-0.3, -0.25) is 4.79 Å². The van der Waals surface area contributed by atoms with E-state index >= 15 is 0 Å². The van der Waals surface area contributed by atoms with E-state index in [2.05, 4.69) is 37.9 Å². The fraction of sp³-hybridized carbons (Fsp3) is 0.947. The van der Waals surface area contributed by atoms with Gasteiger partial charge in [0.2, 0.25) is 15.9 Å². The van der Waals surface area contributed by atoms with Crippen LogP contribution in [-0.2, 0) is 14.8 Å². The molecule has 0 unspecified atom stereocenters. The van der Waals surface area contributed by atoms with Crippen molar-refractivity contribution in [1.82, 2.24) is 14.5 Å². The number of rotatable bonds is 11. The first kappa shape index (κ1) is 23.4. The lowest BCUT2D eigenvalue weighted by molar-refractivity contribution is -0.126. The van der Waals surface area contributed by atoms with Crippen molar-refractivity contribution >= 4 is 15.9 Å². The number of hydrogen-bond donors (Lipinski definition) is 1. The average molecular weight is 390 g/mol. The van der Waals surface area contributed by atoms with Crippen LogP contribution >= 0.6 is 0 Å². The van der Waals surface area contributed by atoms with Crippen molar-refractivity contribution in [2.24, 2.45) is 17.8 Å². The van der Waals surface area contributed by atoms with Crippen LogP contribution < -0.4 is 5.32 Å². The van der Waals surface area contributed by atoms with Crippen LogP contribution in [0.15, 0.2) is 0 Å². The zero-order chi connectivity index (χ0) is 19.7. The number of nitrogens with one attached hydrogen (secondary N) is 1. The summed E-state index contributed by atoms with van der Waals surface area (Å²) in [5.74, 6) is 1.45. The zero-order valence-electron chi connectivity index (χ0n) is 17.3. The zero-order valence-corrected chi connectivity index (χ0v) is 18.1. The molecule has 0 aromatic rings. The highest BCUT2D eigenvalue weighted by Crippen LogP contribution is 2.20. The van der Waals surface area contributed by atoms with E-state index in [1.54, 1.807) is 6.92 Å². The fourth-order valence-corrected chi connectivity index (χ4v) is 4.66. The quantitative estimate of drug-likeness (QED) is 0.550. The Morgan fingerprint density at radius 2 is 1.65 bits per heavy atom. The molecule has 0 bridgehead atoms. The second-order valence-corrected chi connectivity index (χ2v) is 10.5. The molecule has 6 nitrogen and oxygen atoms in total. The van der Waals surface area contributed by atoms with Crippen LogP contribution in [0.25, 0.3) is 0 Å². The first-order valence-electron chi connectivity index (χ1n) is 10.1. The summed E-state index contributed by atoms with van der Waals surface area (Å²) in [6.45, 7) is 15.4. The smallest absolute Gasteiger partial charge is 0.223 e. The van der Waals surface area contributed by atoms with Gasteiger partial charge in [0.05, 0.1) is 5.75 Å². The van der Waals surface area contributed by atoms with E-state index in [1.165, 1.54) is 4.31 Å². The van der Waals surface area contributed by atoms with Crippen molar-refractivity contribution < 1.29 is 13.2 Å². The van der Waals surface area contributed by atoms with Crippen LogP contribution in [0, 0.1) is 17.8 Å². The third-order valence-electron chi connectivity index (χ3n) is 4.78. The van der Waals surface area contributed by atoms with Crippen LogP contribution in [0.2, 0.25) is 0 Å². The number of hydrogen-bond acceptors (Lipinski definition) is 4. The van der Waals surface area contributed by atoms with Crippen LogP contribution in [0.3, 0.4) is 0 Å². The summed E-state index contributed by atoms with van der Waals surface area (Å²) in [5, 5.41) is 3.05. The lowest BCUT2D eigenvalue weighted by Crippen LogP contribution is -2.43. The molecule has 0 aromatic heterocycles. The first-order chi connectivity index (χ1) is 12.2. The van der Waals surface area contributed by atoms with Gasteiger partial charge in [-0.1, -0.05) is 27.7 Å². The second-order valence-electron chi connectivity index (χ2n) is 8.27. The van der Waals surface area contributed by atoms with Crippen molar-refractivity contribution in [3.8, 4) is 0 Å². The number of nitrogens with zero attached hydrogens (tertiary/aromatic N) is 2. The van der Waals surface area contributed by atoms with Gasteiger partial charge < -0.3 is 10.2 Å². The van der Waals surface area contributed by atoms with E-state index in [0.717, 1.165) is 26.1 Å². The molecule has 1 aliphatic heterocycles. The van der Waals surface area contributed by atoms with Crippen molar-refractivity contribution in [2.45, 2.75) is 53.9 Å². The summed E-state index contributed by atoms with van der Waals surface area (Å²) < 4.78 is 25.3. The van der Waals surface area contributed by atoms with Crippen molar-refractivity contribution in [2.75, 3.05) is 45.0 Å². The lowest BCUT2D eigenvalue weighted by Gasteiger charge is -2.30. The Balaban J connectivity index is 2.30. The Morgan fingerprint density at radius 1 is 1.12 bits per heavy atom. The summed E-state index contributed by atoms with van der Waals surface area (Å²) in [4.78, 5) is 14.8. The van der Waals surface area contributed by atoms with Crippen LogP contribution in [0.4, 0.5) is 0 Å². The molecule has 0 spiro atoms. The highest BCUT2D eigenvalue weighted by molar-refractivity contribution is 7.89. The molecule has 1 saturated heterocycles. The van der Waals surface area contributed by atoms with Crippen LogP contribution in [0.5, 0.6) is 0 Å². The number of sulfonamides is 1. The molecule has 0 aromatic carbocycles. The third kappa shape index (κ3) is 8.35. The molecule has 0 aliphatic carbocycles. The molecular weight excluding hydrogens is 350 g/mol. The molecule has 1 fully saturated rings. The molecular formula is C19H39N3O3S. The topological polar surface area (TPSA) is 69.7 Å². The largest absolute Gasteiger partial charge is 0.356 e. The van der Waals surface area contributed by atoms with Gasteiger partial charge in [0.25, 0.3) is 0 Å². The molecule has 26 heavy (non-hydrogen) atoms. The van der Waals surface area contributed by atoms with E-state index in [9.17, 15) is 13.2 Å². The SMILES string of the molecule is CCS(=O)(=O)N1CCC(C(=O)NCCCN(CC(C)C)CC(C)C)CC1. The number of amides is 1. The van der Waals surface area contributed by atoms with E-state index in [-0.39, 0.29) is 17.6 Å². The summed E-state index contributed by atoms with van der Waals surface area (Å²) in [5.41, 5.74) is 0. The predicted octanol–water partition coefficient (Wildman–Crippen LogP) is 2.17. The van der Waals surface area contributed by atoms with Gasteiger partial charge in [-0.2, -0.15) is 0 Å². The van der Waals surface area contributed by atoms with Gasteiger partial charge in [-0.15, -0.1) is 0 Å². The summed E-state index contributed by atoms with van der Waals surface area (Å²) in [7, 11) is -3.12. The first-order valence-corrected chi connectivity index (χ1v) is 11.7. The molecule has 1 rings (SSSR count). The maximum Gasteiger partial charge on any atom is 0.223 e. The Kier molecular flexibility index (Phi) is 10.1. The lowest BCUT2D eigenvalue weighted by atomic mass is 9.97. The molecule has 7 heteroatoms. The van der Waals surface area contributed by atoms with Crippen LogP contribution in [-0.4, -0.2) is 68.6 Å². The number of carbonyl (C=O) groups excluding carboxylic acids is 1. The average Bonchev–Trinajstić information content (AvgIpc) is 2.57. The van der Waals surface area contributed by atoms with Gasteiger partial charge in [-0.05, 0) is 44.6 Å². The van der Waals surface area contributed by atoms with Gasteiger partial charge in [0, 0.05) is 38.6 Å². The van der Waals surface area contributed by atoms with Gasteiger partial charge in [0.1, 0.15) is 0 Å². The molecule has 1 aliphatic rings. The van der Waals surface area contributed by atoms with Gasteiger partial charge in [0.15, 0.2) is 0 Å². The standard InChI is InChI=1S/C19H39N3O3S/c1-6-26(24,25)22-12-8-18(9-13-22)19(23)20-10-7-11-21(14-16(2)3)15-17(4)5/h16-18H,6-15H2,1-5H3,(H,20,23). The Hall–Kier alpha value is -0.660. The highest BCUT2D eigenvalue weighted by atomic mass is 32.2. The molecule has 0 atom stereocenters. The summed E-state index contributed by atoms with van der Waals surface area (Å²) >= 11 is 0. The van der Waals surface area contributed by atoms with E-state index in [4.69, 9.17) is 0 Å². The van der Waals surface area contributed by atoms with E-state index in [0.29, 0.717) is 44.3 Å². The Bertz CT molecular complexity index is 502. The van der Waals surface area contributed by atoms with Crippen molar-refractivity contribution in [3.63, 3.8) is 0 Å². The number of carbonyl (C=O) groups is 1. The molecule has 154 valence electrons. The summed E-state index contributed by atoms with van der Waals surface area (Å²) in [6, 6.07) is 0. The van der Waals surface area contributed by atoms with E-state index < -0.39 is 10.0 Å². The minimum absolute atomic E-state index is 0.0549. The minimum Gasteiger partial charge on any atom is -0.356 e. The maximum atomic E-state index is 12.3. The van der Waals surface area contributed by atoms with Gasteiger partial charge >= 0.3 is 0 Å². The monoisotopic (exact) mass is 389 g/mol. The molecule has 0 saturated carbocycles.